The second-order valence-electron chi connectivity index (χ2n) is 2.93. The summed E-state index contributed by atoms with van der Waals surface area (Å²) in [6.07, 6.45) is 1.53. The van der Waals surface area contributed by atoms with Gasteiger partial charge in [-0.25, -0.2) is 4.39 Å². The Morgan fingerprint density at radius 3 is 2.60 bits per heavy atom. The van der Waals surface area contributed by atoms with Crippen LogP contribution in [0.3, 0.4) is 0 Å². The Morgan fingerprint density at radius 2 is 2.00 bits per heavy atom. The van der Waals surface area contributed by atoms with E-state index in [-0.39, 0.29) is 11.7 Å². The molecule has 2 rings (SSSR count). The molecule has 1 amide bonds. The van der Waals surface area contributed by atoms with Crippen LogP contribution in [0.4, 0.5) is 10.2 Å². The van der Waals surface area contributed by atoms with Gasteiger partial charge in [0.15, 0.2) is 0 Å². The molecule has 2 aromatic rings. The number of hydrogen-bond acceptors (Lipinski definition) is 2. The molecule has 0 saturated carbocycles. The quantitative estimate of drug-likeness (QED) is 0.785. The third kappa shape index (κ3) is 2.19. The molecule has 5 heteroatoms. The molecule has 0 fully saturated rings. The van der Waals surface area contributed by atoms with Gasteiger partial charge in [-0.15, -0.1) is 0 Å². The molecule has 0 radical (unpaired) electrons. The second kappa shape index (κ2) is 3.91. The van der Waals surface area contributed by atoms with Crippen LogP contribution in [0.25, 0.3) is 0 Å². The summed E-state index contributed by atoms with van der Waals surface area (Å²) in [5.41, 5.74) is 0.394. The van der Waals surface area contributed by atoms with Crippen molar-refractivity contribution in [1.29, 1.82) is 0 Å². The summed E-state index contributed by atoms with van der Waals surface area (Å²) in [4.78, 5) is 11.5. The Kier molecular flexibility index (Phi) is 2.45. The molecule has 0 unspecified atom stereocenters. The number of nitrogens with zero attached hydrogens (tertiary/aromatic N) is 1. The first-order valence-electron chi connectivity index (χ1n) is 4.32. The van der Waals surface area contributed by atoms with E-state index in [4.69, 9.17) is 0 Å². The maximum Gasteiger partial charge on any atom is 0.256 e. The Balaban J connectivity index is 2.11. The number of H-pyrrole nitrogens is 1. The number of carbonyl (C=O) groups is 1. The van der Waals surface area contributed by atoms with Gasteiger partial charge in [-0.3, -0.25) is 9.89 Å². The number of carbonyl (C=O) groups excluding carboxylic acids is 1. The van der Waals surface area contributed by atoms with Gasteiger partial charge in [-0.05, 0) is 24.3 Å². The molecule has 2 N–H and O–H groups in total. The summed E-state index contributed by atoms with van der Waals surface area (Å²) in [6, 6.07) is 6.94. The molecule has 15 heavy (non-hydrogen) atoms. The minimum atomic E-state index is -0.368. The summed E-state index contributed by atoms with van der Waals surface area (Å²) in [7, 11) is 0. The predicted molar refractivity (Wildman–Crippen MR) is 52.9 cm³/mol. The van der Waals surface area contributed by atoms with E-state index >= 15 is 0 Å². The van der Waals surface area contributed by atoms with Crippen LogP contribution in [0.5, 0.6) is 0 Å². The smallest absolute Gasteiger partial charge is 0.256 e. The standard InChI is InChI=1S/C10H8FN3O/c11-8-3-1-7(2-4-8)10(15)13-9-5-6-12-14-9/h1-6H,(H2,12,13,14,15). The number of hydrogen-bond donors (Lipinski definition) is 2. The molecule has 76 valence electrons. The minimum absolute atomic E-state index is 0.306. The van der Waals surface area contributed by atoms with Crippen molar-refractivity contribution >= 4 is 11.7 Å². The molecule has 0 atom stereocenters. The van der Waals surface area contributed by atoms with Crippen LogP contribution in [-0.4, -0.2) is 16.1 Å². The molecule has 0 aliphatic heterocycles. The molecular weight excluding hydrogens is 197 g/mol. The van der Waals surface area contributed by atoms with Crippen LogP contribution in [-0.2, 0) is 0 Å². The van der Waals surface area contributed by atoms with Crippen molar-refractivity contribution in [2.45, 2.75) is 0 Å². The highest BCUT2D eigenvalue weighted by atomic mass is 19.1. The van der Waals surface area contributed by atoms with Crippen LogP contribution in [0.1, 0.15) is 10.4 Å². The second-order valence-corrected chi connectivity index (χ2v) is 2.93. The van der Waals surface area contributed by atoms with Crippen molar-refractivity contribution in [3.63, 3.8) is 0 Å². The van der Waals surface area contributed by atoms with Crippen LogP contribution in [0.2, 0.25) is 0 Å². The topological polar surface area (TPSA) is 57.8 Å². The summed E-state index contributed by atoms with van der Waals surface area (Å²) in [5, 5.41) is 8.85. The molecule has 1 aromatic carbocycles. The molecular formula is C10H8FN3O. The number of amides is 1. The highest BCUT2D eigenvalue weighted by Crippen LogP contribution is 2.06. The van der Waals surface area contributed by atoms with Gasteiger partial charge in [0, 0.05) is 11.6 Å². The van der Waals surface area contributed by atoms with Crippen LogP contribution in [0, 0.1) is 5.82 Å². The third-order valence-electron chi connectivity index (χ3n) is 1.86. The summed E-state index contributed by atoms with van der Waals surface area (Å²) in [5.74, 6) is -0.170. The number of halogens is 1. The normalized spacial score (nSPS) is 9.93. The zero-order valence-corrected chi connectivity index (χ0v) is 7.70. The highest BCUT2D eigenvalue weighted by Gasteiger charge is 2.05. The number of rotatable bonds is 2. The Labute approximate surface area is 85.1 Å². The van der Waals surface area contributed by atoms with Gasteiger partial charge in [0.25, 0.3) is 5.91 Å². The van der Waals surface area contributed by atoms with Crippen molar-refractivity contribution in [1.82, 2.24) is 10.2 Å². The van der Waals surface area contributed by atoms with Crippen LogP contribution in [0.15, 0.2) is 36.5 Å². The fraction of sp³-hybridized carbons (Fsp3) is 0. The van der Waals surface area contributed by atoms with Crippen molar-refractivity contribution in [2.24, 2.45) is 0 Å². The number of nitrogens with one attached hydrogen (secondary N) is 2. The van der Waals surface area contributed by atoms with E-state index in [0.717, 1.165) is 0 Å². The van der Waals surface area contributed by atoms with E-state index in [1.807, 2.05) is 0 Å². The molecule has 0 bridgehead atoms. The van der Waals surface area contributed by atoms with Crippen molar-refractivity contribution < 1.29 is 9.18 Å². The lowest BCUT2D eigenvalue weighted by Gasteiger charge is -2.01. The highest BCUT2D eigenvalue weighted by molar-refractivity contribution is 6.03. The van der Waals surface area contributed by atoms with Gasteiger partial charge in [-0.2, -0.15) is 5.10 Å². The lowest BCUT2D eigenvalue weighted by atomic mass is 10.2. The van der Waals surface area contributed by atoms with E-state index in [1.54, 1.807) is 6.07 Å². The zero-order chi connectivity index (χ0) is 10.7. The lowest BCUT2D eigenvalue weighted by Crippen LogP contribution is -2.11. The van der Waals surface area contributed by atoms with Gasteiger partial charge in [0.1, 0.15) is 11.6 Å². The first-order valence-corrected chi connectivity index (χ1v) is 4.32. The maximum atomic E-state index is 12.6. The van der Waals surface area contributed by atoms with Gasteiger partial charge in [-0.1, -0.05) is 0 Å². The number of aromatic amines is 1. The van der Waals surface area contributed by atoms with Crippen LogP contribution < -0.4 is 5.32 Å². The van der Waals surface area contributed by atoms with E-state index in [9.17, 15) is 9.18 Å². The van der Waals surface area contributed by atoms with E-state index in [2.05, 4.69) is 15.5 Å². The molecule has 0 aliphatic carbocycles. The number of anilines is 1. The average molecular weight is 205 g/mol. The van der Waals surface area contributed by atoms with Crippen LogP contribution >= 0.6 is 0 Å². The Bertz CT molecular complexity index is 450. The van der Waals surface area contributed by atoms with Gasteiger partial charge >= 0.3 is 0 Å². The third-order valence-corrected chi connectivity index (χ3v) is 1.86. The Hall–Kier alpha value is -2.17. The van der Waals surface area contributed by atoms with Gasteiger partial charge in [0.2, 0.25) is 0 Å². The van der Waals surface area contributed by atoms with Crippen molar-refractivity contribution in [2.75, 3.05) is 5.32 Å². The molecule has 1 aromatic heterocycles. The van der Waals surface area contributed by atoms with E-state index < -0.39 is 0 Å². The van der Waals surface area contributed by atoms with Crippen molar-refractivity contribution in [3.05, 3.63) is 47.9 Å². The van der Waals surface area contributed by atoms with E-state index in [0.29, 0.717) is 11.4 Å². The molecule has 1 heterocycles. The molecule has 0 saturated heterocycles. The lowest BCUT2D eigenvalue weighted by molar-refractivity contribution is 0.102. The SMILES string of the molecule is O=C(Nc1ccn[nH]1)c1ccc(F)cc1. The Morgan fingerprint density at radius 1 is 1.27 bits per heavy atom. The first-order chi connectivity index (χ1) is 7.25. The summed E-state index contributed by atoms with van der Waals surface area (Å²) < 4.78 is 12.6. The summed E-state index contributed by atoms with van der Waals surface area (Å²) in [6.45, 7) is 0. The fourth-order valence-corrected chi connectivity index (χ4v) is 1.12. The maximum absolute atomic E-state index is 12.6. The molecule has 0 aliphatic rings. The molecule has 4 nitrogen and oxygen atoms in total. The van der Waals surface area contributed by atoms with Gasteiger partial charge in [0.05, 0.1) is 6.20 Å². The van der Waals surface area contributed by atoms with E-state index in [1.165, 1.54) is 30.5 Å². The van der Waals surface area contributed by atoms with Crippen molar-refractivity contribution in [3.8, 4) is 0 Å². The van der Waals surface area contributed by atoms with Gasteiger partial charge < -0.3 is 5.32 Å². The number of benzene rings is 1. The largest absolute Gasteiger partial charge is 0.307 e. The summed E-state index contributed by atoms with van der Waals surface area (Å²) >= 11 is 0. The predicted octanol–water partition coefficient (Wildman–Crippen LogP) is 1.80. The average Bonchev–Trinajstić information content (AvgIpc) is 2.71. The molecule has 0 spiro atoms. The first kappa shape index (κ1) is 9.39. The fourth-order valence-electron chi connectivity index (χ4n) is 1.12. The zero-order valence-electron chi connectivity index (χ0n) is 7.70. The minimum Gasteiger partial charge on any atom is -0.307 e. The number of aromatic nitrogens is 2. The monoisotopic (exact) mass is 205 g/mol.